The van der Waals surface area contributed by atoms with Crippen molar-refractivity contribution in [2.45, 2.75) is 26.2 Å². The third-order valence-corrected chi connectivity index (χ3v) is 4.04. The summed E-state index contributed by atoms with van der Waals surface area (Å²) in [5.41, 5.74) is 2.25. The first-order valence-corrected chi connectivity index (χ1v) is 7.83. The molecule has 23 heavy (non-hydrogen) atoms. The zero-order valence-electron chi connectivity index (χ0n) is 13.4. The summed E-state index contributed by atoms with van der Waals surface area (Å²) in [6.07, 6.45) is -0.316. The smallest absolute Gasteiger partial charge is 0.262 e. The van der Waals surface area contributed by atoms with E-state index in [-0.39, 0.29) is 24.8 Å². The molecule has 120 valence electrons. The minimum Gasteiger partial charge on any atom is -0.484 e. The number of amides is 1. The Morgan fingerprint density at radius 3 is 2.57 bits per heavy atom. The monoisotopic (exact) mass is 311 g/mol. The maximum Gasteiger partial charge on any atom is 0.262 e. The van der Waals surface area contributed by atoms with Gasteiger partial charge in [-0.1, -0.05) is 48.0 Å². The van der Waals surface area contributed by atoms with Gasteiger partial charge in [0.1, 0.15) is 18.1 Å². The van der Waals surface area contributed by atoms with Crippen LogP contribution >= 0.6 is 0 Å². The Labute approximate surface area is 136 Å². The van der Waals surface area contributed by atoms with Gasteiger partial charge in [0, 0.05) is 0 Å². The second-order valence-corrected chi connectivity index (χ2v) is 5.78. The second kappa shape index (κ2) is 6.84. The summed E-state index contributed by atoms with van der Waals surface area (Å²) in [4.78, 5) is 14.1. The van der Waals surface area contributed by atoms with Gasteiger partial charge >= 0.3 is 0 Å². The predicted octanol–water partition coefficient (Wildman–Crippen LogP) is 3.32. The molecule has 0 radical (unpaired) electrons. The molecule has 0 aromatic heterocycles. The number of benzene rings is 2. The summed E-state index contributed by atoms with van der Waals surface area (Å²) in [5.74, 6) is 0.646. The van der Waals surface area contributed by atoms with E-state index in [0.717, 1.165) is 11.1 Å². The highest BCUT2D eigenvalue weighted by Crippen LogP contribution is 2.28. The fraction of sp³-hybridized carbons (Fsp3) is 0.316. The summed E-state index contributed by atoms with van der Waals surface area (Å²) in [7, 11) is 0. The molecule has 2 atom stereocenters. The van der Waals surface area contributed by atoms with E-state index in [9.17, 15) is 4.79 Å². The predicted molar refractivity (Wildman–Crippen MR) is 88.1 cm³/mol. The molecule has 1 fully saturated rings. The highest BCUT2D eigenvalue weighted by Gasteiger charge is 2.33. The molecular formula is C19H21NO3. The number of nitrogens with zero attached hydrogens (tertiary/aromatic N) is 1. The third-order valence-electron chi connectivity index (χ3n) is 4.04. The van der Waals surface area contributed by atoms with Crippen LogP contribution in [0.25, 0.3) is 0 Å². The topological polar surface area (TPSA) is 38.8 Å². The largest absolute Gasteiger partial charge is 0.484 e. The van der Waals surface area contributed by atoms with Gasteiger partial charge < -0.3 is 14.4 Å². The Bertz CT molecular complexity index is 654. The second-order valence-electron chi connectivity index (χ2n) is 5.78. The van der Waals surface area contributed by atoms with Crippen molar-refractivity contribution in [3.63, 3.8) is 0 Å². The average molecular weight is 311 g/mol. The average Bonchev–Trinajstić information content (AvgIpc) is 2.97. The molecule has 1 saturated heterocycles. The number of ether oxygens (including phenoxy) is 2. The first kappa shape index (κ1) is 15.6. The van der Waals surface area contributed by atoms with Crippen molar-refractivity contribution in [1.82, 2.24) is 4.90 Å². The van der Waals surface area contributed by atoms with Crippen molar-refractivity contribution in [2.24, 2.45) is 0 Å². The lowest BCUT2D eigenvalue weighted by atomic mass is 10.1. The molecular weight excluding hydrogens is 290 g/mol. The van der Waals surface area contributed by atoms with Gasteiger partial charge in [0.25, 0.3) is 5.91 Å². The van der Waals surface area contributed by atoms with Crippen molar-refractivity contribution >= 4 is 5.91 Å². The maximum absolute atomic E-state index is 12.4. The van der Waals surface area contributed by atoms with Gasteiger partial charge in [-0.2, -0.15) is 0 Å². The van der Waals surface area contributed by atoms with E-state index in [4.69, 9.17) is 9.47 Å². The first-order chi connectivity index (χ1) is 11.1. The first-order valence-electron chi connectivity index (χ1n) is 7.83. The third kappa shape index (κ3) is 3.71. The molecule has 0 saturated carbocycles. The van der Waals surface area contributed by atoms with Gasteiger partial charge in [-0.05, 0) is 31.5 Å². The van der Waals surface area contributed by atoms with Crippen molar-refractivity contribution in [1.29, 1.82) is 0 Å². The number of carbonyl (C=O) groups is 1. The van der Waals surface area contributed by atoms with Crippen molar-refractivity contribution in [3.8, 4) is 5.75 Å². The van der Waals surface area contributed by atoms with Gasteiger partial charge in [-0.15, -0.1) is 0 Å². The van der Waals surface area contributed by atoms with Crippen LogP contribution in [0, 0.1) is 6.92 Å². The molecule has 1 aliphatic heterocycles. The van der Waals surface area contributed by atoms with Crippen molar-refractivity contribution < 1.29 is 14.3 Å². The van der Waals surface area contributed by atoms with Crippen molar-refractivity contribution in [3.05, 3.63) is 65.7 Å². The molecule has 0 bridgehead atoms. The molecule has 2 aromatic carbocycles. The van der Waals surface area contributed by atoms with Crippen molar-refractivity contribution in [2.75, 3.05) is 13.2 Å². The van der Waals surface area contributed by atoms with Crippen LogP contribution in [0.1, 0.15) is 24.2 Å². The van der Waals surface area contributed by atoms with Crippen LogP contribution in [-0.2, 0) is 9.53 Å². The number of hydrogen-bond donors (Lipinski definition) is 0. The molecule has 2 unspecified atom stereocenters. The zero-order chi connectivity index (χ0) is 16.2. The van der Waals surface area contributed by atoms with E-state index in [1.165, 1.54) is 0 Å². The molecule has 2 aromatic rings. The van der Waals surface area contributed by atoms with E-state index >= 15 is 0 Å². The fourth-order valence-electron chi connectivity index (χ4n) is 2.70. The molecule has 4 nitrogen and oxygen atoms in total. The molecule has 1 aliphatic rings. The maximum atomic E-state index is 12.4. The lowest BCUT2D eigenvalue weighted by molar-refractivity contribution is -0.137. The molecule has 0 N–H and O–H groups in total. The number of aryl methyl sites for hydroxylation is 1. The standard InChI is InChI=1S/C19H21NO3/c1-14-8-10-17(11-9-14)22-13-19(21)20-12-18(23-15(20)2)16-6-4-3-5-7-16/h3-11,15,18H,12-13H2,1-2H3. The minimum absolute atomic E-state index is 0.0261. The van der Waals surface area contributed by atoms with Crippen LogP contribution < -0.4 is 4.74 Å². The number of rotatable bonds is 4. The minimum atomic E-state index is -0.241. The summed E-state index contributed by atoms with van der Waals surface area (Å²) in [6, 6.07) is 17.7. The van der Waals surface area contributed by atoms with Gasteiger partial charge in [0.05, 0.1) is 6.54 Å². The Morgan fingerprint density at radius 1 is 1.17 bits per heavy atom. The van der Waals surface area contributed by atoms with E-state index in [2.05, 4.69) is 0 Å². The Morgan fingerprint density at radius 2 is 1.87 bits per heavy atom. The van der Waals surface area contributed by atoms with E-state index in [1.54, 1.807) is 4.90 Å². The van der Waals surface area contributed by atoms with Gasteiger partial charge in [0.2, 0.25) is 0 Å². The van der Waals surface area contributed by atoms with Gasteiger partial charge in [0.15, 0.2) is 6.61 Å². The van der Waals surface area contributed by atoms with E-state index in [0.29, 0.717) is 12.3 Å². The molecule has 0 aliphatic carbocycles. The van der Waals surface area contributed by atoms with E-state index in [1.807, 2.05) is 68.4 Å². The van der Waals surface area contributed by atoms with E-state index < -0.39 is 0 Å². The fourth-order valence-corrected chi connectivity index (χ4v) is 2.70. The molecule has 3 rings (SSSR count). The quantitative estimate of drug-likeness (QED) is 0.869. The number of hydrogen-bond acceptors (Lipinski definition) is 3. The SMILES string of the molecule is Cc1ccc(OCC(=O)N2CC(c3ccccc3)OC2C)cc1. The highest BCUT2D eigenvalue weighted by molar-refractivity contribution is 5.78. The molecule has 1 amide bonds. The van der Waals surface area contributed by atoms with Crippen LogP contribution in [0.15, 0.2) is 54.6 Å². The molecule has 4 heteroatoms. The Balaban J connectivity index is 1.58. The Hall–Kier alpha value is -2.33. The van der Waals surface area contributed by atoms with Crippen LogP contribution in [0.5, 0.6) is 5.75 Å². The number of carbonyl (C=O) groups excluding carboxylic acids is 1. The molecule has 0 spiro atoms. The Kier molecular flexibility index (Phi) is 4.63. The summed E-state index contributed by atoms with van der Waals surface area (Å²) in [5, 5.41) is 0. The van der Waals surface area contributed by atoms with Crippen LogP contribution in [0.4, 0.5) is 0 Å². The molecule has 1 heterocycles. The lowest BCUT2D eigenvalue weighted by Crippen LogP contribution is -2.37. The summed E-state index contributed by atoms with van der Waals surface area (Å²) >= 11 is 0. The summed E-state index contributed by atoms with van der Waals surface area (Å²) < 4.78 is 11.5. The highest BCUT2D eigenvalue weighted by atomic mass is 16.5. The lowest BCUT2D eigenvalue weighted by Gasteiger charge is -2.19. The van der Waals surface area contributed by atoms with Crippen LogP contribution in [0.3, 0.4) is 0 Å². The van der Waals surface area contributed by atoms with Crippen LogP contribution in [-0.4, -0.2) is 30.2 Å². The van der Waals surface area contributed by atoms with Gasteiger partial charge in [-0.25, -0.2) is 0 Å². The van der Waals surface area contributed by atoms with Gasteiger partial charge in [-0.3, -0.25) is 4.79 Å². The van der Waals surface area contributed by atoms with Crippen LogP contribution in [0.2, 0.25) is 0 Å². The zero-order valence-corrected chi connectivity index (χ0v) is 13.4. The normalized spacial score (nSPS) is 20.5. The summed E-state index contributed by atoms with van der Waals surface area (Å²) in [6.45, 7) is 4.49.